The van der Waals surface area contributed by atoms with Gasteiger partial charge < -0.3 is 4.57 Å². The highest BCUT2D eigenvalue weighted by Crippen LogP contribution is 2.33. The molecule has 26 heavy (non-hydrogen) atoms. The molecule has 2 heterocycles. The van der Waals surface area contributed by atoms with Crippen LogP contribution in [0.5, 0.6) is 0 Å². The van der Waals surface area contributed by atoms with Gasteiger partial charge in [-0.25, -0.2) is 0 Å². The van der Waals surface area contributed by atoms with Gasteiger partial charge in [0.15, 0.2) is 0 Å². The van der Waals surface area contributed by atoms with Gasteiger partial charge in [0.25, 0.3) is 5.56 Å². The van der Waals surface area contributed by atoms with Crippen molar-refractivity contribution in [3.05, 3.63) is 57.0 Å². The van der Waals surface area contributed by atoms with Crippen molar-refractivity contribution in [1.29, 1.82) is 0 Å². The zero-order chi connectivity index (χ0) is 19.2. The minimum Gasteiger partial charge on any atom is -0.318 e. The predicted octanol–water partition coefficient (Wildman–Crippen LogP) is 4.64. The van der Waals surface area contributed by atoms with E-state index in [0.717, 1.165) is 25.1 Å². The molecule has 140 valence electrons. The van der Waals surface area contributed by atoms with Gasteiger partial charge in [0.2, 0.25) is 0 Å². The van der Waals surface area contributed by atoms with Crippen LogP contribution in [0, 0.1) is 6.92 Å². The van der Waals surface area contributed by atoms with Crippen LogP contribution in [0.3, 0.4) is 0 Å². The van der Waals surface area contributed by atoms with Crippen molar-refractivity contribution in [3.63, 3.8) is 0 Å². The molecule has 0 aliphatic carbocycles. The second-order valence-electron chi connectivity index (χ2n) is 8.98. The molecule has 0 N–H and O–H groups in total. The Morgan fingerprint density at radius 3 is 2.42 bits per heavy atom. The number of rotatable bonds is 2. The Labute approximate surface area is 157 Å². The van der Waals surface area contributed by atoms with E-state index in [2.05, 4.69) is 64.6 Å². The number of nitrogens with zero attached hydrogens (tertiary/aromatic N) is 2. The summed E-state index contributed by atoms with van der Waals surface area (Å²) in [7, 11) is 1.87. The summed E-state index contributed by atoms with van der Waals surface area (Å²) in [6, 6.07) is 6.74. The molecule has 0 radical (unpaired) electrons. The summed E-state index contributed by atoms with van der Waals surface area (Å²) in [4.78, 5) is 15.2. The molecular weight excluding hydrogens is 320 g/mol. The third kappa shape index (κ3) is 3.37. The van der Waals surface area contributed by atoms with E-state index >= 15 is 0 Å². The van der Waals surface area contributed by atoms with E-state index in [1.165, 1.54) is 27.8 Å². The van der Waals surface area contributed by atoms with Crippen molar-refractivity contribution in [2.24, 2.45) is 7.05 Å². The first-order valence-corrected chi connectivity index (χ1v) is 9.67. The Bertz CT molecular complexity index is 884. The van der Waals surface area contributed by atoms with Gasteiger partial charge in [-0.1, -0.05) is 32.0 Å². The van der Waals surface area contributed by atoms with Crippen LogP contribution in [0.25, 0.3) is 11.1 Å². The summed E-state index contributed by atoms with van der Waals surface area (Å²) < 4.78 is 1.76. The number of fused-ring (bicyclic) bond motifs is 1. The maximum atomic E-state index is 12.7. The monoisotopic (exact) mass is 352 g/mol. The van der Waals surface area contributed by atoms with Crippen molar-refractivity contribution in [2.45, 2.75) is 66.0 Å². The zero-order valence-electron chi connectivity index (χ0n) is 17.3. The molecule has 0 fully saturated rings. The first kappa shape index (κ1) is 18.9. The molecule has 0 spiro atoms. The van der Waals surface area contributed by atoms with Crippen LogP contribution in [0.1, 0.15) is 62.8 Å². The van der Waals surface area contributed by atoms with E-state index in [1.807, 2.05) is 13.2 Å². The molecule has 3 rings (SSSR count). The van der Waals surface area contributed by atoms with Crippen LogP contribution >= 0.6 is 0 Å². The maximum Gasteiger partial charge on any atom is 0.253 e. The number of aryl methyl sites for hydroxylation is 2. The summed E-state index contributed by atoms with van der Waals surface area (Å²) in [5, 5.41) is 0. The van der Waals surface area contributed by atoms with Crippen molar-refractivity contribution in [3.8, 4) is 11.1 Å². The third-order valence-electron chi connectivity index (χ3n) is 5.73. The zero-order valence-corrected chi connectivity index (χ0v) is 17.3. The Balaban J connectivity index is 2.19. The van der Waals surface area contributed by atoms with Crippen LogP contribution in [-0.4, -0.2) is 21.6 Å². The van der Waals surface area contributed by atoms with Gasteiger partial charge in [-0.05, 0) is 62.3 Å². The van der Waals surface area contributed by atoms with Crippen molar-refractivity contribution >= 4 is 0 Å². The first-order valence-electron chi connectivity index (χ1n) is 9.67. The van der Waals surface area contributed by atoms with Gasteiger partial charge in [-0.15, -0.1) is 0 Å². The molecule has 1 aromatic heterocycles. The Morgan fingerprint density at radius 1 is 1.12 bits per heavy atom. The number of hydrogen-bond donors (Lipinski definition) is 0. The minimum absolute atomic E-state index is 0.104. The fraction of sp³-hybridized carbons (Fsp3) is 0.522. The molecule has 0 atom stereocenters. The lowest BCUT2D eigenvalue weighted by Gasteiger charge is -2.39. The smallest absolute Gasteiger partial charge is 0.253 e. The minimum atomic E-state index is 0.104. The first-order chi connectivity index (χ1) is 12.1. The van der Waals surface area contributed by atoms with Gasteiger partial charge in [-0.3, -0.25) is 9.69 Å². The van der Waals surface area contributed by atoms with Crippen LogP contribution in [-0.2, 0) is 20.0 Å². The molecule has 2 aromatic rings. The normalized spacial score (nSPS) is 15.4. The van der Waals surface area contributed by atoms with Crippen LogP contribution in [0.4, 0.5) is 0 Å². The quantitative estimate of drug-likeness (QED) is 0.787. The van der Waals surface area contributed by atoms with Gasteiger partial charge in [-0.2, -0.15) is 0 Å². The van der Waals surface area contributed by atoms with E-state index in [-0.39, 0.29) is 11.1 Å². The largest absolute Gasteiger partial charge is 0.318 e. The topological polar surface area (TPSA) is 25.2 Å². The Hall–Kier alpha value is -1.87. The van der Waals surface area contributed by atoms with Crippen LogP contribution in [0.15, 0.2) is 29.2 Å². The lowest BCUT2D eigenvalue weighted by molar-refractivity contribution is 0.120. The SMILES string of the molecule is Cc1ccc(-c2cn(C)c(=O)c3c2CN(C(C)(C)C)CC3)cc1C(C)C. The van der Waals surface area contributed by atoms with Crippen molar-refractivity contribution in [1.82, 2.24) is 9.47 Å². The lowest BCUT2D eigenvalue weighted by Crippen LogP contribution is -2.46. The average molecular weight is 353 g/mol. The van der Waals surface area contributed by atoms with E-state index in [1.54, 1.807) is 4.57 Å². The number of pyridine rings is 1. The van der Waals surface area contributed by atoms with Gasteiger partial charge in [0.05, 0.1) is 0 Å². The van der Waals surface area contributed by atoms with E-state index in [0.29, 0.717) is 5.92 Å². The molecule has 0 amide bonds. The van der Waals surface area contributed by atoms with Gasteiger partial charge in [0.1, 0.15) is 0 Å². The van der Waals surface area contributed by atoms with E-state index in [4.69, 9.17) is 0 Å². The Morgan fingerprint density at radius 2 is 1.81 bits per heavy atom. The van der Waals surface area contributed by atoms with Crippen molar-refractivity contribution < 1.29 is 0 Å². The predicted molar refractivity (Wildman–Crippen MR) is 110 cm³/mol. The molecule has 1 aliphatic heterocycles. The molecule has 0 bridgehead atoms. The second kappa shape index (κ2) is 6.70. The highest BCUT2D eigenvalue weighted by Gasteiger charge is 2.29. The molecule has 1 aromatic carbocycles. The van der Waals surface area contributed by atoms with E-state index < -0.39 is 0 Å². The summed E-state index contributed by atoms with van der Waals surface area (Å²) in [6.07, 6.45) is 2.86. The summed E-state index contributed by atoms with van der Waals surface area (Å²) in [5.41, 5.74) is 7.62. The highest BCUT2D eigenvalue weighted by molar-refractivity contribution is 5.69. The summed E-state index contributed by atoms with van der Waals surface area (Å²) >= 11 is 0. The van der Waals surface area contributed by atoms with E-state index in [9.17, 15) is 4.79 Å². The summed E-state index contributed by atoms with van der Waals surface area (Å²) in [5.74, 6) is 0.490. The fourth-order valence-electron chi connectivity index (χ4n) is 4.04. The van der Waals surface area contributed by atoms with Gasteiger partial charge >= 0.3 is 0 Å². The fourth-order valence-corrected chi connectivity index (χ4v) is 4.04. The summed E-state index contributed by atoms with van der Waals surface area (Å²) in [6.45, 7) is 15.2. The molecule has 0 saturated heterocycles. The molecule has 3 heteroatoms. The highest BCUT2D eigenvalue weighted by atomic mass is 16.1. The number of aromatic nitrogens is 1. The van der Waals surface area contributed by atoms with Crippen LogP contribution in [0.2, 0.25) is 0 Å². The number of benzene rings is 1. The molecule has 0 saturated carbocycles. The van der Waals surface area contributed by atoms with Crippen molar-refractivity contribution in [2.75, 3.05) is 6.54 Å². The second-order valence-corrected chi connectivity index (χ2v) is 8.98. The van der Waals surface area contributed by atoms with Gasteiger partial charge in [0, 0.05) is 43.0 Å². The molecule has 0 unspecified atom stereocenters. The molecule has 1 aliphatic rings. The maximum absolute atomic E-state index is 12.7. The standard InChI is InChI=1S/C23H32N2O/c1-15(2)19-12-17(9-8-16(19)3)20-13-24(7)22(26)18-10-11-25(14-21(18)20)23(4,5)6/h8-9,12-13,15H,10-11,14H2,1-7H3. The average Bonchev–Trinajstić information content (AvgIpc) is 2.57. The van der Waals surface area contributed by atoms with Crippen LogP contribution < -0.4 is 5.56 Å². The lowest BCUT2D eigenvalue weighted by atomic mass is 9.88. The number of hydrogen-bond acceptors (Lipinski definition) is 2. The molecule has 3 nitrogen and oxygen atoms in total. The Kier molecular flexibility index (Phi) is 4.87. The third-order valence-corrected chi connectivity index (χ3v) is 5.73. The molecular formula is C23H32N2O.